The molecular weight excluding hydrogens is 504 g/mol. The summed E-state index contributed by atoms with van der Waals surface area (Å²) in [7, 11) is -2.24. The van der Waals surface area contributed by atoms with Gasteiger partial charge in [0, 0.05) is 17.8 Å². The van der Waals surface area contributed by atoms with Crippen LogP contribution in [0, 0.1) is 11.3 Å². The van der Waals surface area contributed by atoms with Crippen LogP contribution in [0.15, 0.2) is 53.2 Å². The molecule has 12 heteroatoms. The number of anilines is 1. The van der Waals surface area contributed by atoms with Crippen LogP contribution in [0.4, 0.5) is 5.13 Å². The first-order valence-corrected chi connectivity index (χ1v) is 13.2. The van der Waals surface area contributed by atoms with Gasteiger partial charge in [0.25, 0.3) is 11.1 Å². The monoisotopic (exact) mass is 526 g/mol. The van der Waals surface area contributed by atoms with Crippen LogP contribution in [-0.2, 0) is 14.6 Å². The fourth-order valence-electron chi connectivity index (χ4n) is 2.91. The fourth-order valence-corrected chi connectivity index (χ4v) is 4.35. The zero-order chi connectivity index (χ0) is 26.5. The molecule has 10 nitrogen and oxygen atoms in total. The van der Waals surface area contributed by atoms with Gasteiger partial charge < -0.3 is 9.47 Å². The maximum absolute atomic E-state index is 12.6. The molecule has 0 saturated heterocycles. The number of ether oxygens (including phenoxy) is 2. The van der Waals surface area contributed by atoms with Gasteiger partial charge in [0.15, 0.2) is 11.5 Å². The third-order valence-corrected chi connectivity index (χ3v) is 6.43. The molecule has 0 spiro atoms. The van der Waals surface area contributed by atoms with E-state index >= 15 is 0 Å². The van der Waals surface area contributed by atoms with Crippen molar-refractivity contribution in [3.05, 3.63) is 64.7 Å². The minimum atomic E-state index is -3.63. The normalized spacial score (nSPS) is 11.6. The van der Waals surface area contributed by atoms with Gasteiger partial charge in [-0.25, -0.2) is 13.2 Å². The number of carbonyl (C=O) groups is 2. The smallest absolute Gasteiger partial charge is 0.343 e. The quantitative estimate of drug-likeness (QED) is 0.200. The maximum Gasteiger partial charge on any atom is 0.343 e. The highest BCUT2D eigenvalue weighted by Crippen LogP contribution is 2.30. The van der Waals surface area contributed by atoms with Gasteiger partial charge >= 0.3 is 5.97 Å². The van der Waals surface area contributed by atoms with Crippen LogP contribution >= 0.6 is 11.5 Å². The lowest BCUT2D eigenvalue weighted by atomic mass is 10.0. The van der Waals surface area contributed by atoms with Crippen LogP contribution < -0.4 is 14.8 Å². The summed E-state index contributed by atoms with van der Waals surface area (Å²) >= 11 is 0.675. The Kier molecular flexibility index (Phi) is 8.18. The van der Waals surface area contributed by atoms with Crippen molar-refractivity contribution in [1.29, 1.82) is 5.26 Å². The molecule has 1 aromatic heterocycles. The zero-order valence-corrected chi connectivity index (χ0v) is 21.4. The molecule has 1 amide bonds. The largest absolute Gasteiger partial charge is 0.493 e. The molecule has 0 aliphatic heterocycles. The number of amides is 1. The summed E-state index contributed by atoms with van der Waals surface area (Å²) in [6, 6.07) is 13.4. The van der Waals surface area contributed by atoms with Crippen LogP contribution in [0.25, 0.3) is 6.08 Å². The van der Waals surface area contributed by atoms with Crippen molar-refractivity contribution in [2.45, 2.75) is 24.9 Å². The van der Waals surface area contributed by atoms with Gasteiger partial charge in [-0.2, -0.15) is 14.6 Å². The summed E-state index contributed by atoms with van der Waals surface area (Å²) in [4.78, 5) is 28.8. The van der Waals surface area contributed by atoms with Gasteiger partial charge in [-0.3, -0.25) is 10.1 Å². The standard InChI is InChI=1S/C24H22N4O6S2/c1-14(2)16-6-8-17(9-7-16)22(30)34-19-10-5-15(12-20(19)33-3)11-18(13-25)21(29)26-23-27-24(28-35-23)36(4,31)32/h5-12,14H,1-4H3,(H,26,27,28,29). The van der Waals surface area contributed by atoms with Crippen molar-refractivity contribution in [3.8, 4) is 17.6 Å². The van der Waals surface area contributed by atoms with Gasteiger partial charge in [0.2, 0.25) is 15.0 Å². The van der Waals surface area contributed by atoms with Crippen LogP contribution in [0.2, 0.25) is 0 Å². The molecule has 2 aromatic carbocycles. The van der Waals surface area contributed by atoms with Crippen molar-refractivity contribution < 1.29 is 27.5 Å². The lowest BCUT2D eigenvalue weighted by molar-refractivity contribution is -0.112. The molecule has 0 saturated carbocycles. The number of hydrogen-bond acceptors (Lipinski definition) is 10. The van der Waals surface area contributed by atoms with Crippen molar-refractivity contribution in [3.63, 3.8) is 0 Å². The maximum atomic E-state index is 12.6. The molecule has 3 aromatic rings. The summed E-state index contributed by atoms with van der Waals surface area (Å²) in [6.45, 7) is 4.11. The third-order valence-electron chi connectivity index (χ3n) is 4.84. The van der Waals surface area contributed by atoms with Gasteiger partial charge in [-0.15, -0.1) is 0 Å². The molecule has 0 bridgehead atoms. The molecule has 36 heavy (non-hydrogen) atoms. The molecule has 1 N–H and O–H groups in total. The Labute approximate surface area is 212 Å². The summed E-state index contributed by atoms with van der Waals surface area (Å²) < 4.78 is 37.5. The van der Waals surface area contributed by atoms with E-state index in [4.69, 9.17) is 9.47 Å². The number of nitrogens with one attached hydrogen (secondary N) is 1. The number of benzene rings is 2. The number of hydrogen-bond donors (Lipinski definition) is 1. The number of rotatable bonds is 8. The van der Waals surface area contributed by atoms with Crippen molar-refractivity contribution >= 4 is 44.5 Å². The lowest BCUT2D eigenvalue weighted by Crippen LogP contribution is -2.13. The average Bonchev–Trinajstić information content (AvgIpc) is 3.32. The van der Waals surface area contributed by atoms with Crippen molar-refractivity contribution in [2.24, 2.45) is 0 Å². The second kappa shape index (κ2) is 11.1. The Hall–Kier alpha value is -4.08. The van der Waals surface area contributed by atoms with E-state index in [0.29, 0.717) is 28.6 Å². The van der Waals surface area contributed by atoms with E-state index in [2.05, 4.69) is 28.5 Å². The zero-order valence-electron chi connectivity index (χ0n) is 19.8. The number of nitrogens with zero attached hydrogens (tertiary/aromatic N) is 3. The number of carbonyl (C=O) groups excluding carboxylic acids is 2. The van der Waals surface area contributed by atoms with Crippen LogP contribution in [-0.4, -0.2) is 43.0 Å². The fraction of sp³-hybridized carbons (Fsp3) is 0.208. The van der Waals surface area contributed by atoms with E-state index in [1.807, 2.05) is 12.1 Å². The van der Waals surface area contributed by atoms with Crippen molar-refractivity contribution in [1.82, 2.24) is 9.36 Å². The van der Waals surface area contributed by atoms with Crippen LogP contribution in [0.1, 0.15) is 41.3 Å². The Morgan fingerprint density at radius 2 is 1.83 bits per heavy atom. The Balaban J connectivity index is 1.77. The lowest BCUT2D eigenvalue weighted by Gasteiger charge is -2.11. The number of methoxy groups -OCH3 is 1. The molecule has 0 aliphatic rings. The highest BCUT2D eigenvalue weighted by molar-refractivity contribution is 7.90. The number of sulfone groups is 1. The van der Waals surface area contributed by atoms with Crippen molar-refractivity contribution in [2.75, 3.05) is 18.7 Å². The van der Waals surface area contributed by atoms with Gasteiger partial charge in [-0.1, -0.05) is 32.0 Å². The molecule has 3 rings (SSSR count). The molecule has 0 aliphatic carbocycles. The first kappa shape index (κ1) is 26.5. The summed E-state index contributed by atoms with van der Waals surface area (Å²) in [5.74, 6) is -0.643. The van der Waals surface area contributed by atoms with E-state index in [1.165, 1.54) is 25.3 Å². The first-order chi connectivity index (χ1) is 17.0. The summed E-state index contributed by atoms with van der Waals surface area (Å²) in [5.41, 5.74) is 1.63. The Bertz CT molecular complexity index is 1470. The first-order valence-electron chi connectivity index (χ1n) is 10.5. The van der Waals surface area contributed by atoms with E-state index in [1.54, 1.807) is 24.3 Å². The molecule has 186 valence electrons. The molecule has 1 heterocycles. The second-order valence-corrected chi connectivity index (χ2v) is 10.5. The topological polar surface area (TPSA) is 148 Å². The molecule has 0 atom stereocenters. The molecule has 0 unspecified atom stereocenters. The highest BCUT2D eigenvalue weighted by atomic mass is 32.2. The molecule has 0 radical (unpaired) electrons. The van der Waals surface area contributed by atoms with E-state index in [0.717, 1.165) is 11.8 Å². The van der Waals surface area contributed by atoms with Gasteiger partial charge in [0.05, 0.1) is 12.7 Å². The molecular formula is C24H22N4O6S2. The average molecular weight is 527 g/mol. The third kappa shape index (κ3) is 6.53. The predicted molar refractivity (Wildman–Crippen MR) is 134 cm³/mol. The Morgan fingerprint density at radius 3 is 2.39 bits per heavy atom. The highest BCUT2D eigenvalue weighted by Gasteiger charge is 2.18. The SMILES string of the molecule is COc1cc(C=C(C#N)C(=O)Nc2nc(S(C)(=O)=O)ns2)ccc1OC(=O)c1ccc(C(C)C)cc1. The predicted octanol–water partition coefficient (Wildman–Crippen LogP) is 3.84. The van der Waals surface area contributed by atoms with Crippen LogP contribution in [0.3, 0.4) is 0 Å². The summed E-state index contributed by atoms with van der Waals surface area (Å²) in [6.07, 6.45) is 2.24. The Morgan fingerprint density at radius 1 is 1.14 bits per heavy atom. The molecule has 0 fully saturated rings. The van der Waals surface area contributed by atoms with Crippen LogP contribution in [0.5, 0.6) is 11.5 Å². The number of nitriles is 1. The van der Waals surface area contributed by atoms with Gasteiger partial charge in [0.1, 0.15) is 11.6 Å². The van der Waals surface area contributed by atoms with E-state index < -0.39 is 26.9 Å². The second-order valence-electron chi connectivity index (χ2n) is 7.85. The summed E-state index contributed by atoms with van der Waals surface area (Å²) in [5, 5.41) is 11.3. The van der Waals surface area contributed by atoms with Gasteiger partial charge in [-0.05, 0) is 47.4 Å². The number of esters is 1. The minimum Gasteiger partial charge on any atom is -0.493 e. The minimum absolute atomic E-state index is 0.0668. The van der Waals surface area contributed by atoms with E-state index in [9.17, 15) is 23.3 Å². The van der Waals surface area contributed by atoms with E-state index in [-0.39, 0.29) is 22.2 Å². The number of aromatic nitrogens is 2.